The molecule has 2 aromatic carbocycles. The second kappa shape index (κ2) is 10.3. The Morgan fingerprint density at radius 1 is 1.16 bits per heavy atom. The van der Waals surface area contributed by atoms with Crippen LogP contribution >= 0.6 is 24.0 Å². The fourth-order valence-electron chi connectivity index (χ4n) is 3.76. The van der Waals surface area contributed by atoms with Gasteiger partial charge in [-0.15, -0.1) is 22.6 Å². The van der Waals surface area contributed by atoms with Gasteiger partial charge in [0, 0.05) is 48.7 Å². The minimum Gasteiger partial charge on any atom is -0.393 e. The van der Waals surface area contributed by atoms with Crippen molar-refractivity contribution in [2.24, 2.45) is 4.99 Å². The lowest BCUT2D eigenvalue weighted by molar-refractivity contribution is 0.145. The number of hydrogen-bond donors (Lipinski definition) is 2. The van der Waals surface area contributed by atoms with Crippen molar-refractivity contribution in [2.75, 3.05) is 30.4 Å². The predicted molar refractivity (Wildman–Crippen MR) is 131 cm³/mol. The van der Waals surface area contributed by atoms with Crippen molar-refractivity contribution in [1.82, 2.24) is 10.2 Å². The fourth-order valence-corrected chi connectivity index (χ4v) is 3.96. The van der Waals surface area contributed by atoms with Gasteiger partial charge in [-0.3, -0.25) is 4.99 Å². The summed E-state index contributed by atoms with van der Waals surface area (Å²) < 4.78 is 0. The molecule has 0 amide bonds. The monoisotopic (exact) mass is 459 g/mol. The molecule has 1 fully saturated rings. The molecule has 8 heteroatoms. The number of aliphatic hydroxyl groups is 1. The summed E-state index contributed by atoms with van der Waals surface area (Å²) in [7, 11) is 1.76. The van der Waals surface area contributed by atoms with Gasteiger partial charge in [-0.2, -0.15) is 0 Å². The number of aliphatic imine (C=N–C) groups is 1. The van der Waals surface area contributed by atoms with Gasteiger partial charge < -0.3 is 15.3 Å². The van der Waals surface area contributed by atoms with Crippen LogP contribution in [0.15, 0.2) is 41.4 Å². The highest BCUT2D eigenvalue weighted by Crippen LogP contribution is 2.31. The molecule has 1 aliphatic rings. The zero-order valence-corrected chi connectivity index (χ0v) is 19.2. The minimum absolute atomic E-state index is 0. The van der Waals surface area contributed by atoms with Gasteiger partial charge in [-0.05, 0) is 54.7 Å². The number of hydrogen-bond acceptors (Lipinski definition) is 6. The maximum absolute atomic E-state index is 9.84. The molecule has 0 aliphatic carbocycles. The van der Waals surface area contributed by atoms with Crippen molar-refractivity contribution >= 4 is 52.6 Å². The van der Waals surface area contributed by atoms with Gasteiger partial charge >= 0.3 is 0 Å². The van der Waals surface area contributed by atoms with Crippen LogP contribution in [0, 0.1) is 6.92 Å². The number of nitrogens with one attached hydrogen (secondary N) is 1. The molecule has 1 aromatic heterocycles. The Bertz CT molecular complexity index is 1080. The van der Waals surface area contributed by atoms with Crippen LogP contribution in [0.4, 0.5) is 11.6 Å². The molecule has 0 saturated carbocycles. The number of benzene rings is 2. The maximum Gasteiger partial charge on any atom is 0.159 e. The van der Waals surface area contributed by atoms with Crippen molar-refractivity contribution in [2.45, 2.75) is 32.4 Å². The molecule has 0 bridgehead atoms. The molecule has 31 heavy (non-hydrogen) atoms. The summed E-state index contributed by atoms with van der Waals surface area (Å²) in [5, 5.41) is 25.1. The Morgan fingerprint density at radius 2 is 1.94 bits per heavy atom. The lowest BCUT2D eigenvalue weighted by Gasteiger charge is -2.31. The molecule has 2 N–H and O–H groups in total. The Morgan fingerprint density at radius 3 is 2.65 bits per heavy atom. The summed E-state index contributed by atoms with van der Waals surface area (Å²) in [5.74, 6) is 1.59. The molecule has 3 aromatic rings. The first-order valence-electron chi connectivity index (χ1n) is 10.2. The Kier molecular flexibility index (Phi) is 7.70. The topological polar surface area (TPSA) is 73.6 Å². The molecule has 2 heterocycles. The summed E-state index contributed by atoms with van der Waals surface area (Å²) in [5.41, 5.74) is 3.16. The standard InChI is InChI=1S/C23H26ClN5O.ClH/c1-15-3-4-17(12-21(15)24)14-26-22-20-11-16(13-25-2)5-6-19(20)23(28-27-22)29-9-7-18(30)8-10-29;/h3-6,11-13,18,30H,7-10,14H2,1-2H3,(H,26,27);1H. The number of fused-ring (bicyclic) bond motifs is 1. The van der Waals surface area contributed by atoms with Gasteiger partial charge in [0.15, 0.2) is 11.6 Å². The minimum atomic E-state index is -0.227. The third-order valence-corrected chi connectivity index (χ3v) is 5.93. The van der Waals surface area contributed by atoms with Crippen LogP contribution in [0.5, 0.6) is 0 Å². The highest BCUT2D eigenvalue weighted by molar-refractivity contribution is 6.31. The number of rotatable bonds is 5. The molecule has 0 unspecified atom stereocenters. The first-order valence-corrected chi connectivity index (χ1v) is 10.6. The van der Waals surface area contributed by atoms with Crippen LogP contribution in [0.2, 0.25) is 5.02 Å². The number of halogens is 2. The second-order valence-corrected chi connectivity index (χ2v) is 8.13. The average molecular weight is 460 g/mol. The third-order valence-electron chi connectivity index (χ3n) is 5.52. The van der Waals surface area contributed by atoms with Crippen molar-refractivity contribution in [3.63, 3.8) is 0 Å². The van der Waals surface area contributed by atoms with E-state index in [0.29, 0.717) is 6.54 Å². The van der Waals surface area contributed by atoms with E-state index in [9.17, 15) is 5.11 Å². The number of nitrogens with zero attached hydrogens (tertiary/aromatic N) is 4. The predicted octanol–water partition coefficient (Wildman–Crippen LogP) is 4.64. The second-order valence-electron chi connectivity index (χ2n) is 7.72. The molecule has 0 atom stereocenters. The third kappa shape index (κ3) is 5.26. The van der Waals surface area contributed by atoms with Crippen molar-refractivity contribution in [1.29, 1.82) is 0 Å². The van der Waals surface area contributed by atoms with Gasteiger partial charge in [0.25, 0.3) is 0 Å². The highest BCUT2D eigenvalue weighted by Gasteiger charge is 2.21. The van der Waals surface area contributed by atoms with E-state index in [0.717, 1.165) is 70.1 Å². The molecule has 164 valence electrons. The van der Waals surface area contributed by atoms with Crippen LogP contribution in [0.1, 0.15) is 29.5 Å². The van der Waals surface area contributed by atoms with Crippen molar-refractivity contribution in [3.05, 3.63) is 58.1 Å². The van der Waals surface area contributed by atoms with Gasteiger partial charge in [-0.1, -0.05) is 29.8 Å². The summed E-state index contributed by atoms with van der Waals surface area (Å²) in [6.07, 6.45) is 3.10. The normalized spacial score (nSPS) is 14.8. The van der Waals surface area contributed by atoms with E-state index in [1.807, 2.05) is 31.3 Å². The zero-order valence-electron chi connectivity index (χ0n) is 17.7. The van der Waals surface area contributed by atoms with E-state index in [1.165, 1.54) is 0 Å². The SMILES string of the molecule is CN=Cc1ccc2c(N3CCC(O)CC3)nnc(NCc3ccc(C)c(Cl)c3)c2c1.Cl. The summed E-state index contributed by atoms with van der Waals surface area (Å²) in [6, 6.07) is 12.3. The molecule has 1 aliphatic heterocycles. The molecule has 1 saturated heterocycles. The quantitative estimate of drug-likeness (QED) is 0.543. The highest BCUT2D eigenvalue weighted by atomic mass is 35.5. The van der Waals surface area contributed by atoms with Gasteiger partial charge in [-0.25, -0.2) is 0 Å². The van der Waals surface area contributed by atoms with E-state index in [1.54, 1.807) is 7.05 Å². The Hall–Kier alpha value is -2.41. The van der Waals surface area contributed by atoms with Crippen LogP contribution in [-0.2, 0) is 6.54 Å². The molecular weight excluding hydrogens is 433 g/mol. The first-order chi connectivity index (χ1) is 14.5. The summed E-state index contributed by atoms with van der Waals surface area (Å²) >= 11 is 6.27. The van der Waals surface area contributed by atoms with E-state index >= 15 is 0 Å². The van der Waals surface area contributed by atoms with E-state index in [4.69, 9.17) is 11.6 Å². The van der Waals surface area contributed by atoms with Crippen LogP contribution in [0.3, 0.4) is 0 Å². The number of piperidine rings is 1. The summed E-state index contributed by atoms with van der Waals surface area (Å²) in [4.78, 5) is 6.35. The largest absolute Gasteiger partial charge is 0.393 e. The fraction of sp³-hybridized carbons (Fsp3) is 0.348. The lowest BCUT2D eigenvalue weighted by atomic mass is 10.1. The molecule has 0 spiro atoms. The van der Waals surface area contributed by atoms with Crippen molar-refractivity contribution < 1.29 is 5.11 Å². The Balaban J connectivity index is 0.00000272. The van der Waals surface area contributed by atoms with Crippen LogP contribution in [0.25, 0.3) is 10.8 Å². The smallest absolute Gasteiger partial charge is 0.159 e. The van der Waals surface area contributed by atoms with Gasteiger partial charge in [0.1, 0.15) is 0 Å². The van der Waals surface area contributed by atoms with E-state index in [-0.39, 0.29) is 18.5 Å². The van der Waals surface area contributed by atoms with Crippen LogP contribution in [-0.4, -0.2) is 47.8 Å². The Labute approximate surface area is 193 Å². The average Bonchev–Trinajstić information content (AvgIpc) is 2.75. The zero-order chi connectivity index (χ0) is 21.1. The van der Waals surface area contributed by atoms with E-state index < -0.39 is 0 Å². The van der Waals surface area contributed by atoms with Gasteiger partial charge in [0.2, 0.25) is 0 Å². The number of aliphatic hydroxyl groups excluding tert-OH is 1. The molecule has 6 nitrogen and oxygen atoms in total. The van der Waals surface area contributed by atoms with Gasteiger partial charge in [0.05, 0.1) is 6.10 Å². The number of aromatic nitrogens is 2. The maximum atomic E-state index is 9.84. The van der Waals surface area contributed by atoms with Crippen molar-refractivity contribution in [3.8, 4) is 0 Å². The first kappa shape index (κ1) is 23.3. The number of anilines is 2. The number of aryl methyl sites for hydroxylation is 1. The molecule has 4 rings (SSSR count). The lowest BCUT2D eigenvalue weighted by Crippen LogP contribution is -2.36. The summed E-state index contributed by atoms with van der Waals surface area (Å²) in [6.45, 7) is 4.15. The van der Waals surface area contributed by atoms with E-state index in [2.05, 4.69) is 43.6 Å². The molecule has 0 radical (unpaired) electrons. The van der Waals surface area contributed by atoms with Crippen LogP contribution < -0.4 is 10.2 Å². The molecular formula is C23H27Cl2N5O.